The summed E-state index contributed by atoms with van der Waals surface area (Å²) in [4.78, 5) is 5.77. The second-order valence-electron chi connectivity index (χ2n) is 6.14. The highest BCUT2D eigenvalue weighted by molar-refractivity contribution is 8.01. The van der Waals surface area contributed by atoms with Gasteiger partial charge in [0.1, 0.15) is 5.82 Å². The van der Waals surface area contributed by atoms with Gasteiger partial charge in [0.05, 0.1) is 0 Å². The SMILES string of the molecule is CCc1nsc(Sc2ccc(CNC(C)(C)C)cc2C)n1. The Bertz CT molecular complexity index is 600. The molecule has 114 valence electrons. The summed E-state index contributed by atoms with van der Waals surface area (Å²) in [6.45, 7) is 11.7. The van der Waals surface area contributed by atoms with Gasteiger partial charge in [0, 0.05) is 23.4 Å². The van der Waals surface area contributed by atoms with E-state index >= 15 is 0 Å². The minimum Gasteiger partial charge on any atom is -0.308 e. The van der Waals surface area contributed by atoms with Gasteiger partial charge >= 0.3 is 0 Å². The summed E-state index contributed by atoms with van der Waals surface area (Å²) in [6.07, 6.45) is 0.896. The van der Waals surface area contributed by atoms with Gasteiger partial charge in [-0.05, 0) is 56.4 Å². The highest BCUT2D eigenvalue weighted by Gasteiger charge is 2.10. The highest BCUT2D eigenvalue weighted by Crippen LogP contribution is 2.31. The van der Waals surface area contributed by atoms with Crippen molar-refractivity contribution < 1.29 is 0 Å². The molecule has 0 saturated heterocycles. The molecule has 1 aromatic carbocycles. The number of nitrogens with zero attached hydrogens (tertiary/aromatic N) is 2. The zero-order valence-corrected chi connectivity index (χ0v) is 15.0. The maximum absolute atomic E-state index is 4.51. The van der Waals surface area contributed by atoms with Crippen molar-refractivity contribution in [2.24, 2.45) is 0 Å². The molecule has 2 aromatic rings. The Hall–Kier alpha value is -0.910. The summed E-state index contributed by atoms with van der Waals surface area (Å²) < 4.78 is 5.36. The van der Waals surface area contributed by atoms with Gasteiger partial charge in [0.25, 0.3) is 0 Å². The summed E-state index contributed by atoms with van der Waals surface area (Å²) in [6, 6.07) is 6.63. The van der Waals surface area contributed by atoms with Crippen LogP contribution in [0.2, 0.25) is 0 Å². The van der Waals surface area contributed by atoms with Crippen molar-refractivity contribution in [3.05, 3.63) is 35.2 Å². The number of hydrogen-bond acceptors (Lipinski definition) is 5. The van der Waals surface area contributed by atoms with E-state index in [0.29, 0.717) is 0 Å². The van der Waals surface area contributed by atoms with E-state index < -0.39 is 0 Å². The molecule has 0 saturated carbocycles. The van der Waals surface area contributed by atoms with Gasteiger partial charge < -0.3 is 5.32 Å². The molecule has 0 aliphatic carbocycles. The van der Waals surface area contributed by atoms with Crippen LogP contribution in [0.25, 0.3) is 0 Å². The fourth-order valence-corrected chi connectivity index (χ4v) is 3.55. The molecule has 1 aromatic heterocycles. The lowest BCUT2D eigenvalue weighted by molar-refractivity contribution is 0.424. The molecule has 2 rings (SSSR count). The average Bonchev–Trinajstić information content (AvgIpc) is 2.86. The smallest absolute Gasteiger partial charge is 0.174 e. The quantitative estimate of drug-likeness (QED) is 0.883. The van der Waals surface area contributed by atoms with Gasteiger partial charge in [-0.15, -0.1) is 0 Å². The highest BCUT2D eigenvalue weighted by atomic mass is 32.2. The second-order valence-corrected chi connectivity index (χ2v) is 8.18. The first-order valence-electron chi connectivity index (χ1n) is 7.22. The van der Waals surface area contributed by atoms with Crippen LogP contribution >= 0.6 is 23.3 Å². The Morgan fingerprint density at radius 3 is 2.62 bits per heavy atom. The van der Waals surface area contributed by atoms with Gasteiger partial charge in [-0.1, -0.05) is 30.8 Å². The molecule has 0 aliphatic heterocycles. The minimum atomic E-state index is 0.143. The monoisotopic (exact) mass is 321 g/mol. The Labute approximate surface area is 135 Å². The van der Waals surface area contributed by atoms with E-state index in [4.69, 9.17) is 0 Å². The molecule has 0 fully saturated rings. The Balaban J connectivity index is 2.05. The predicted molar refractivity (Wildman–Crippen MR) is 91.2 cm³/mol. The van der Waals surface area contributed by atoms with Crippen molar-refractivity contribution in [2.45, 2.75) is 62.4 Å². The van der Waals surface area contributed by atoms with Crippen molar-refractivity contribution in [3.8, 4) is 0 Å². The molecule has 1 heterocycles. The summed E-state index contributed by atoms with van der Waals surface area (Å²) in [5, 5.41) is 3.52. The third-order valence-electron chi connectivity index (χ3n) is 3.03. The van der Waals surface area contributed by atoms with Crippen LogP contribution in [0, 0.1) is 6.92 Å². The Morgan fingerprint density at radius 2 is 2.05 bits per heavy atom. The second kappa shape index (κ2) is 6.90. The third kappa shape index (κ3) is 5.09. The van der Waals surface area contributed by atoms with Crippen molar-refractivity contribution in [2.75, 3.05) is 0 Å². The zero-order chi connectivity index (χ0) is 15.5. The first-order chi connectivity index (χ1) is 9.87. The lowest BCUT2D eigenvalue weighted by Gasteiger charge is -2.20. The topological polar surface area (TPSA) is 37.8 Å². The molecule has 0 atom stereocenters. The molecule has 21 heavy (non-hydrogen) atoms. The van der Waals surface area contributed by atoms with Crippen LogP contribution in [-0.4, -0.2) is 14.9 Å². The van der Waals surface area contributed by atoms with Crippen molar-refractivity contribution in [1.29, 1.82) is 0 Å². The first kappa shape index (κ1) is 16.5. The van der Waals surface area contributed by atoms with Crippen molar-refractivity contribution >= 4 is 23.3 Å². The van der Waals surface area contributed by atoms with Crippen LogP contribution < -0.4 is 5.32 Å². The maximum atomic E-state index is 4.51. The Kier molecular flexibility index (Phi) is 5.41. The number of nitrogens with one attached hydrogen (secondary N) is 1. The van der Waals surface area contributed by atoms with E-state index in [9.17, 15) is 0 Å². The van der Waals surface area contributed by atoms with E-state index in [-0.39, 0.29) is 5.54 Å². The normalized spacial score (nSPS) is 11.9. The van der Waals surface area contributed by atoms with Crippen LogP contribution in [0.5, 0.6) is 0 Å². The standard InChI is InChI=1S/C16H23N3S2/c1-6-14-18-15(21-19-14)20-13-8-7-12(9-11(13)2)10-17-16(3,4)5/h7-9,17H,6,10H2,1-5H3. The van der Waals surface area contributed by atoms with E-state index in [1.165, 1.54) is 27.6 Å². The van der Waals surface area contributed by atoms with Gasteiger partial charge in [0.15, 0.2) is 4.34 Å². The fraction of sp³-hybridized carbons (Fsp3) is 0.500. The van der Waals surface area contributed by atoms with E-state index in [1.807, 2.05) is 0 Å². The average molecular weight is 322 g/mol. The molecule has 0 radical (unpaired) electrons. The van der Waals surface area contributed by atoms with Crippen LogP contribution in [0.3, 0.4) is 0 Å². The predicted octanol–water partition coefficient (Wildman–Crippen LogP) is 4.45. The molecule has 0 aliphatic rings. The summed E-state index contributed by atoms with van der Waals surface area (Å²) in [5.74, 6) is 0.936. The molecule has 0 unspecified atom stereocenters. The molecular weight excluding hydrogens is 298 g/mol. The van der Waals surface area contributed by atoms with Crippen molar-refractivity contribution in [3.63, 3.8) is 0 Å². The lowest BCUT2D eigenvalue weighted by Crippen LogP contribution is -2.35. The van der Waals surface area contributed by atoms with Crippen LogP contribution in [-0.2, 0) is 13.0 Å². The molecular formula is C16H23N3S2. The number of rotatable bonds is 5. The molecule has 3 nitrogen and oxygen atoms in total. The lowest BCUT2D eigenvalue weighted by atomic mass is 10.1. The van der Waals surface area contributed by atoms with Gasteiger partial charge in [0.2, 0.25) is 0 Å². The van der Waals surface area contributed by atoms with Crippen molar-refractivity contribution in [1.82, 2.24) is 14.7 Å². The van der Waals surface area contributed by atoms with Crippen LogP contribution in [0.1, 0.15) is 44.6 Å². The van der Waals surface area contributed by atoms with E-state index in [0.717, 1.165) is 23.1 Å². The molecule has 5 heteroatoms. The molecule has 1 N–H and O–H groups in total. The first-order valence-corrected chi connectivity index (χ1v) is 8.81. The van der Waals surface area contributed by atoms with Gasteiger partial charge in [-0.25, -0.2) is 4.98 Å². The number of aryl methyl sites for hydroxylation is 2. The number of benzene rings is 1. The third-order valence-corrected chi connectivity index (χ3v) is 4.99. The maximum Gasteiger partial charge on any atom is 0.174 e. The zero-order valence-electron chi connectivity index (χ0n) is 13.4. The summed E-state index contributed by atoms with van der Waals surface area (Å²) >= 11 is 3.19. The fourth-order valence-electron chi connectivity index (χ4n) is 1.82. The van der Waals surface area contributed by atoms with Gasteiger partial charge in [-0.2, -0.15) is 4.37 Å². The summed E-state index contributed by atoms with van der Waals surface area (Å²) in [5.41, 5.74) is 2.75. The van der Waals surface area contributed by atoms with E-state index in [2.05, 4.69) is 67.5 Å². The number of hydrogen-bond donors (Lipinski definition) is 1. The Morgan fingerprint density at radius 1 is 1.29 bits per heavy atom. The summed E-state index contributed by atoms with van der Waals surface area (Å²) in [7, 11) is 0. The number of aromatic nitrogens is 2. The molecule has 0 bridgehead atoms. The molecule has 0 amide bonds. The molecule has 0 spiro atoms. The van der Waals surface area contributed by atoms with E-state index in [1.54, 1.807) is 11.8 Å². The van der Waals surface area contributed by atoms with Gasteiger partial charge in [-0.3, -0.25) is 0 Å². The van der Waals surface area contributed by atoms with Crippen LogP contribution in [0.4, 0.5) is 0 Å². The van der Waals surface area contributed by atoms with Crippen LogP contribution in [0.15, 0.2) is 27.4 Å². The minimum absolute atomic E-state index is 0.143. The largest absolute Gasteiger partial charge is 0.308 e.